The first-order chi connectivity index (χ1) is 12.4. The molecule has 26 heavy (non-hydrogen) atoms. The van der Waals surface area contributed by atoms with Gasteiger partial charge in [-0.05, 0) is 23.8 Å². The molecule has 8 heteroatoms. The Kier molecular flexibility index (Phi) is 4.14. The number of aromatic amines is 1. The highest BCUT2D eigenvalue weighted by Crippen LogP contribution is 2.44. The molecule has 4 rings (SSSR count). The third kappa shape index (κ3) is 3.05. The zero-order valence-electron chi connectivity index (χ0n) is 13.5. The molecule has 1 aliphatic rings. The van der Waals surface area contributed by atoms with E-state index in [0.717, 1.165) is 17.1 Å². The van der Waals surface area contributed by atoms with E-state index in [9.17, 15) is 18.0 Å². The molecule has 1 unspecified atom stereocenters. The predicted molar refractivity (Wildman–Crippen MR) is 93.3 cm³/mol. The van der Waals surface area contributed by atoms with Crippen LogP contribution < -0.4 is 0 Å². The van der Waals surface area contributed by atoms with Crippen LogP contribution in [-0.4, -0.2) is 26.5 Å². The van der Waals surface area contributed by atoms with E-state index in [1.807, 2.05) is 24.3 Å². The van der Waals surface area contributed by atoms with Gasteiger partial charge in [-0.3, -0.25) is 4.79 Å². The summed E-state index contributed by atoms with van der Waals surface area (Å²) in [6.07, 6.45) is -4.46. The summed E-state index contributed by atoms with van der Waals surface area (Å²) >= 11 is 1.20. The van der Waals surface area contributed by atoms with Gasteiger partial charge in [-0.15, -0.1) is 11.8 Å². The summed E-state index contributed by atoms with van der Waals surface area (Å²) in [6.45, 7) is 0.136. The molecular weight excluding hydrogens is 363 g/mol. The number of para-hydroxylation sites is 2. The van der Waals surface area contributed by atoms with Gasteiger partial charge >= 0.3 is 6.18 Å². The number of alkyl halides is 3. The van der Waals surface area contributed by atoms with Crippen molar-refractivity contribution in [3.8, 4) is 0 Å². The molecule has 1 amide bonds. The second-order valence-electron chi connectivity index (χ2n) is 5.97. The summed E-state index contributed by atoms with van der Waals surface area (Å²) in [5, 5.41) is -0.687. The fourth-order valence-electron chi connectivity index (χ4n) is 3.10. The number of amides is 1. The zero-order valence-corrected chi connectivity index (χ0v) is 14.3. The minimum Gasteiger partial charge on any atom is -0.340 e. The van der Waals surface area contributed by atoms with Crippen LogP contribution in [0.2, 0.25) is 0 Å². The Morgan fingerprint density at radius 1 is 1.15 bits per heavy atom. The molecule has 134 valence electrons. The van der Waals surface area contributed by atoms with Gasteiger partial charge in [-0.1, -0.05) is 30.3 Å². The molecule has 1 N–H and O–H groups in total. The molecule has 2 aromatic carbocycles. The molecule has 4 nitrogen and oxygen atoms in total. The van der Waals surface area contributed by atoms with Crippen molar-refractivity contribution >= 4 is 28.7 Å². The van der Waals surface area contributed by atoms with Crippen molar-refractivity contribution in [1.82, 2.24) is 14.9 Å². The molecule has 0 spiro atoms. The number of nitrogens with one attached hydrogen (secondary N) is 1. The molecule has 3 aromatic rings. The Hall–Kier alpha value is -2.48. The quantitative estimate of drug-likeness (QED) is 0.738. The number of H-pyrrole nitrogens is 1. The maximum absolute atomic E-state index is 13.4. The first kappa shape index (κ1) is 17.0. The lowest BCUT2D eigenvalue weighted by Crippen LogP contribution is -2.29. The Morgan fingerprint density at radius 3 is 2.65 bits per heavy atom. The smallest absolute Gasteiger partial charge is 0.340 e. The number of nitrogens with zero attached hydrogens (tertiary/aromatic N) is 2. The predicted octanol–water partition coefficient (Wildman–Crippen LogP) is 4.36. The summed E-state index contributed by atoms with van der Waals surface area (Å²) in [7, 11) is 0. The van der Waals surface area contributed by atoms with Crippen LogP contribution in [0, 0.1) is 0 Å². The maximum atomic E-state index is 13.4. The highest BCUT2D eigenvalue weighted by atomic mass is 32.2. The molecule has 1 aromatic heterocycles. The van der Waals surface area contributed by atoms with Crippen LogP contribution in [0.25, 0.3) is 11.0 Å². The molecule has 1 fully saturated rings. The van der Waals surface area contributed by atoms with Crippen molar-refractivity contribution in [1.29, 1.82) is 0 Å². The van der Waals surface area contributed by atoms with Crippen LogP contribution in [0.4, 0.5) is 13.2 Å². The number of benzene rings is 2. The standard InChI is InChI=1S/C18H14F3N3OS/c19-18(20,21)12-6-2-1-5-11(12)17-24(16(25)10-26-17)9-15-22-13-7-3-4-8-14(13)23-15/h1-8,17H,9-10H2,(H,22,23). The van der Waals surface area contributed by atoms with Gasteiger partial charge in [0.05, 0.1) is 28.9 Å². The van der Waals surface area contributed by atoms with Crippen LogP contribution in [0.3, 0.4) is 0 Å². The number of thioether (sulfide) groups is 1. The number of aromatic nitrogens is 2. The maximum Gasteiger partial charge on any atom is 0.416 e. The molecule has 2 heterocycles. The molecule has 0 bridgehead atoms. The van der Waals surface area contributed by atoms with Crippen molar-refractivity contribution in [3.05, 3.63) is 65.5 Å². The normalized spacial score (nSPS) is 18.0. The summed E-state index contributed by atoms with van der Waals surface area (Å²) < 4.78 is 40.1. The Balaban J connectivity index is 1.68. The minimum atomic E-state index is -4.46. The average molecular weight is 377 g/mol. The fraction of sp³-hybridized carbons (Fsp3) is 0.222. The van der Waals surface area contributed by atoms with Gasteiger partial charge in [-0.25, -0.2) is 4.98 Å². The van der Waals surface area contributed by atoms with Crippen LogP contribution in [0.15, 0.2) is 48.5 Å². The van der Waals surface area contributed by atoms with E-state index in [0.29, 0.717) is 5.82 Å². The average Bonchev–Trinajstić information content (AvgIpc) is 3.18. The number of fused-ring (bicyclic) bond motifs is 1. The van der Waals surface area contributed by atoms with E-state index in [-0.39, 0.29) is 23.8 Å². The van der Waals surface area contributed by atoms with E-state index in [4.69, 9.17) is 0 Å². The van der Waals surface area contributed by atoms with Crippen molar-refractivity contribution in [3.63, 3.8) is 0 Å². The number of carbonyl (C=O) groups excluding carboxylic acids is 1. The number of imidazole rings is 1. The Labute approximate surface area is 151 Å². The number of rotatable bonds is 3. The fourth-order valence-corrected chi connectivity index (χ4v) is 4.32. The lowest BCUT2D eigenvalue weighted by atomic mass is 10.1. The summed E-state index contributed by atoms with van der Waals surface area (Å²) in [4.78, 5) is 21.3. The van der Waals surface area contributed by atoms with E-state index in [2.05, 4.69) is 9.97 Å². The first-order valence-corrected chi connectivity index (χ1v) is 8.99. The van der Waals surface area contributed by atoms with Crippen molar-refractivity contribution in [2.75, 3.05) is 5.75 Å². The Bertz CT molecular complexity index is 936. The van der Waals surface area contributed by atoms with Crippen LogP contribution in [-0.2, 0) is 17.5 Å². The van der Waals surface area contributed by atoms with Crippen LogP contribution in [0.1, 0.15) is 22.3 Å². The largest absolute Gasteiger partial charge is 0.416 e. The highest BCUT2D eigenvalue weighted by Gasteiger charge is 2.40. The van der Waals surface area contributed by atoms with Gasteiger partial charge in [0.2, 0.25) is 5.91 Å². The molecule has 1 aliphatic heterocycles. The number of hydrogen-bond acceptors (Lipinski definition) is 3. The van der Waals surface area contributed by atoms with E-state index >= 15 is 0 Å². The van der Waals surface area contributed by atoms with E-state index < -0.39 is 17.1 Å². The third-order valence-corrected chi connectivity index (χ3v) is 5.50. The van der Waals surface area contributed by atoms with Crippen LogP contribution in [0.5, 0.6) is 0 Å². The van der Waals surface area contributed by atoms with Gasteiger partial charge in [0.15, 0.2) is 0 Å². The highest BCUT2D eigenvalue weighted by molar-refractivity contribution is 8.00. The SMILES string of the molecule is O=C1CSC(c2ccccc2C(F)(F)F)N1Cc1nc2ccccc2[nH]1. The van der Waals surface area contributed by atoms with E-state index in [1.54, 1.807) is 6.07 Å². The summed E-state index contributed by atoms with van der Waals surface area (Å²) in [6, 6.07) is 12.8. The summed E-state index contributed by atoms with van der Waals surface area (Å²) in [5.74, 6) is 0.505. The topological polar surface area (TPSA) is 49.0 Å². The molecular formula is C18H14F3N3OS. The first-order valence-electron chi connectivity index (χ1n) is 7.94. The number of halogens is 3. The summed E-state index contributed by atoms with van der Waals surface area (Å²) in [5.41, 5.74) is 0.983. The third-order valence-electron chi connectivity index (χ3n) is 4.26. The van der Waals surface area contributed by atoms with Crippen LogP contribution >= 0.6 is 11.8 Å². The molecule has 0 saturated carbocycles. The lowest BCUT2D eigenvalue weighted by Gasteiger charge is -2.25. The van der Waals surface area contributed by atoms with E-state index in [1.165, 1.54) is 28.8 Å². The van der Waals surface area contributed by atoms with Crippen molar-refractivity contribution in [2.24, 2.45) is 0 Å². The molecule has 1 saturated heterocycles. The number of carbonyl (C=O) groups is 1. The number of hydrogen-bond donors (Lipinski definition) is 1. The van der Waals surface area contributed by atoms with Crippen molar-refractivity contribution < 1.29 is 18.0 Å². The molecule has 0 radical (unpaired) electrons. The minimum absolute atomic E-state index is 0.104. The van der Waals surface area contributed by atoms with Gasteiger partial charge in [0.25, 0.3) is 0 Å². The Morgan fingerprint density at radius 2 is 1.88 bits per heavy atom. The second kappa shape index (κ2) is 6.35. The molecule has 0 aliphatic carbocycles. The van der Waals surface area contributed by atoms with Crippen molar-refractivity contribution in [2.45, 2.75) is 18.1 Å². The van der Waals surface area contributed by atoms with Gasteiger partial charge < -0.3 is 9.88 Å². The second-order valence-corrected chi connectivity index (χ2v) is 7.04. The van der Waals surface area contributed by atoms with Gasteiger partial charge in [-0.2, -0.15) is 13.2 Å². The van der Waals surface area contributed by atoms with Gasteiger partial charge in [0.1, 0.15) is 11.2 Å². The monoisotopic (exact) mass is 377 g/mol. The zero-order chi connectivity index (χ0) is 18.3. The van der Waals surface area contributed by atoms with Gasteiger partial charge in [0, 0.05) is 0 Å². The lowest BCUT2D eigenvalue weighted by molar-refractivity contribution is -0.139. The molecule has 1 atom stereocenters.